The van der Waals surface area contributed by atoms with Crippen LogP contribution >= 0.6 is 0 Å². The highest BCUT2D eigenvalue weighted by molar-refractivity contribution is 7.99. The van der Waals surface area contributed by atoms with E-state index in [4.69, 9.17) is 0 Å². The molecule has 5 rings (SSSR count). The van der Waals surface area contributed by atoms with Gasteiger partial charge in [-0.05, 0) is 63.8 Å². The molecule has 10 nitrogen and oxygen atoms in total. The van der Waals surface area contributed by atoms with Gasteiger partial charge < -0.3 is 9.87 Å². The predicted molar refractivity (Wildman–Crippen MR) is 145 cm³/mol. The fraction of sp³-hybridized carbons (Fsp3) is 0.393. The SMILES string of the molecule is Cc1ccc(C)c([S+](=O)([O-])C2(C(=O)Nc3cccc4c(=O)n(C5CCC(=O)NC5=O)c(C)nc34)CCCC2)c1. The summed E-state index contributed by atoms with van der Waals surface area (Å²) in [6, 6.07) is 9.00. The Morgan fingerprint density at radius 3 is 2.54 bits per heavy atom. The number of para-hydroxylation sites is 1. The van der Waals surface area contributed by atoms with Gasteiger partial charge in [-0.1, -0.05) is 18.2 Å². The van der Waals surface area contributed by atoms with Gasteiger partial charge in [-0.3, -0.25) is 29.1 Å². The van der Waals surface area contributed by atoms with Crippen LogP contribution in [0.5, 0.6) is 0 Å². The molecule has 0 bridgehead atoms. The Hall–Kier alpha value is -3.70. The van der Waals surface area contributed by atoms with E-state index in [1.807, 2.05) is 13.0 Å². The highest BCUT2D eigenvalue weighted by atomic mass is 32.3. The van der Waals surface area contributed by atoms with Crippen LogP contribution < -0.4 is 16.2 Å². The molecule has 1 saturated heterocycles. The second-order valence-corrected chi connectivity index (χ2v) is 12.7. The van der Waals surface area contributed by atoms with Gasteiger partial charge in [0.2, 0.25) is 16.6 Å². The normalized spacial score (nSPS) is 20.5. The molecule has 1 aliphatic carbocycles. The van der Waals surface area contributed by atoms with Gasteiger partial charge in [0.25, 0.3) is 11.5 Å². The van der Waals surface area contributed by atoms with Gasteiger partial charge in [0.05, 0.1) is 21.3 Å². The first-order chi connectivity index (χ1) is 18.5. The average molecular weight is 551 g/mol. The highest BCUT2D eigenvalue weighted by Crippen LogP contribution is 2.45. The molecule has 1 aromatic heterocycles. The summed E-state index contributed by atoms with van der Waals surface area (Å²) in [5.74, 6) is -1.37. The molecule has 204 valence electrons. The van der Waals surface area contributed by atoms with E-state index < -0.39 is 44.3 Å². The molecule has 0 radical (unpaired) electrons. The number of hydrogen-bond acceptors (Lipinski definition) is 7. The molecule has 3 aromatic rings. The number of carbonyl (C=O) groups is 3. The average Bonchev–Trinajstić information content (AvgIpc) is 3.39. The maximum atomic E-state index is 14.0. The number of hydrogen-bond donors (Lipinski definition) is 2. The lowest BCUT2D eigenvalue weighted by atomic mass is 10.0. The van der Waals surface area contributed by atoms with E-state index in [0.717, 1.165) is 5.56 Å². The Kier molecular flexibility index (Phi) is 6.76. The summed E-state index contributed by atoms with van der Waals surface area (Å²) in [5.41, 5.74) is 1.30. The van der Waals surface area contributed by atoms with E-state index in [2.05, 4.69) is 15.6 Å². The minimum absolute atomic E-state index is 0.105. The minimum atomic E-state index is -4.04. The Morgan fingerprint density at radius 2 is 1.85 bits per heavy atom. The lowest BCUT2D eigenvalue weighted by molar-refractivity contribution is -0.135. The maximum Gasteiger partial charge on any atom is 0.280 e. The topological polar surface area (TPSA) is 150 Å². The van der Waals surface area contributed by atoms with Crippen LogP contribution in [0.3, 0.4) is 0 Å². The van der Waals surface area contributed by atoms with Crippen molar-refractivity contribution in [2.24, 2.45) is 0 Å². The van der Waals surface area contributed by atoms with Crippen LogP contribution in [0.1, 0.15) is 61.5 Å². The number of nitrogens with zero attached hydrogens (tertiary/aromatic N) is 2. The van der Waals surface area contributed by atoms with Gasteiger partial charge in [-0.25, -0.2) is 4.98 Å². The fourth-order valence-corrected chi connectivity index (χ4v) is 8.11. The summed E-state index contributed by atoms with van der Waals surface area (Å²) in [7, 11) is -4.04. The monoisotopic (exact) mass is 550 g/mol. The van der Waals surface area contributed by atoms with E-state index in [1.54, 1.807) is 44.2 Å². The smallest absolute Gasteiger partial charge is 0.280 e. The lowest BCUT2D eigenvalue weighted by Gasteiger charge is -2.34. The fourth-order valence-electron chi connectivity index (χ4n) is 5.73. The Bertz CT molecular complexity index is 1640. The molecule has 1 aliphatic heterocycles. The molecule has 0 spiro atoms. The third-order valence-corrected chi connectivity index (χ3v) is 10.5. The summed E-state index contributed by atoms with van der Waals surface area (Å²) in [5, 5.41) is 5.22. The molecule has 2 unspecified atom stereocenters. The molecule has 39 heavy (non-hydrogen) atoms. The number of anilines is 1. The van der Waals surface area contributed by atoms with E-state index >= 15 is 0 Å². The first-order valence-corrected chi connectivity index (χ1v) is 14.4. The van der Waals surface area contributed by atoms with E-state index in [1.165, 1.54) is 4.57 Å². The van der Waals surface area contributed by atoms with Crippen molar-refractivity contribution in [1.29, 1.82) is 0 Å². The number of carbonyl (C=O) groups excluding carboxylic acids is 3. The van der Waals surface area contributed by atoms with Crippen molar-refractivity contribution < 1.29 is 23.1 Å². The molecule has 3 amide bonds. The molecule has 2 aromatic carbocycles. The first kappa shape index (κ1) is 26.9. The van der Waals surface area contributed by atoms with Crippen molar-refractivity contribution in [2.45, 2.75) is 75.0 Å². The van der Waals surface area contributed by atoms with Crippen LogP contribution in [0.15, 0.2) is 46.1 Å². The number of aromatic nitrogens is 2. The third kappa shape index (κ3) is 4.39. The van der Waals surface area contributed by atoms with E-state index in [-0.39, 0.29) is 53.0 Å². The van der Waals surface area contributed by atoms with Crippen molar-refractivity contribution >= 4 is 44.5 Å². The zero-order chi connectivity index (χ0) is 28.1. The number of rotatable bonds is 5. The largest absolute Gasteiger partial charge is 0.609 e. The van der Waals surface area contributed by atoms with Crippen LogP contribution in [0.2, 0.25) is 0 Å². The molecule has 2 aliphatic rings. The Morgan fingerprint density at radius 1 is 1.13 bits per heavy atom. The van der Waals surface area contributed by atoms with Crippen LogP contribution in [0.25, 0.3) is 10.9 Å². The molecule has 2 N–H and O–H groups in total. The van der Waals surface area contributed by atoms with Gasteiger partial charge in [-0.2, -0.15) is 0 Å². The molecule has 2 heterocycles. The zero-order valence-electron chi connectivity index (χ0n) is 22.0. The second kappa shape index (κ2) is 9.80. The van der Waals surface area contributed by atoms with Gasteiger partial charge in [0.15, 0.2) is 4.90 Å². The number of fused-ring (bicyclic) bond motifs is 1. The number of piperidine rings is 1. The first-order valence-electron chi connectivity index (χ1n) is 13.0. The van der Waals surface area contributed by atoms with Crippen LogP contribution in [-0.2, 0) is 28.8 Å². The van der Waals surface area contributed by atoms with Crippen molar-refractivity contribution in [1.82, 2.24) is 14.9 Å². The Balaban J connectivity index is 1.56. The summed E-state index contributed by atoms with van der Waals surface area (Å²) in [6.45, 7) is 5.11. The quantitative estimate of drug-likeness (QED) is 0.366. The summed E-state index contributed by atoms with van der Waals surface area (Å²) >= 11 is 0. The summed E-state index contributed by atoms with van der Waals surface area (Å²) < 4.78 is 27.6. The number of benzene rings is 2. The number of amides is 3. The highest BCUT2D eigenvalue weighted by Gasteiger charge is 2.57. The Labute approximate surface area is 226 Å². The summed E-state index contributed by atoms with van der Waals surface area (Å²) in [4.78, 5) is 56.1. The van der Waals surface area contributed by atoms with E-state index in [9.17, 15) is 27.9 Å². The summed E-state index contributed by atoms with van der Waals surface area (Å²) in [6.07, 6.45) is 1.85. The number of sulfone groups is 1. The van der Waals surface area contributed by atoms with Gasteiger partial charge in [-0.15, -0.1) is 4.21 Å². The van der Waals surface area contributed by atoms with Gasteiger partial charge in [0.1, 0.15) is 17.4 Å². The molecule has 2 atom stereocenters. The van der Waals surface area contributed by atoms with Crippen molar-refractivity contribution in [2.75, 3.05) is 5.32 Å². The second-order valence-electron chi connectivity index (χ2n) is 10.4. The lowest BCUT2D eigenvalue weighted by Crippen LogP contribution is -2.51. The standard InChI is InChI=1S/C28H30N4O6S/c1-16-9-10-17(2)22(15-16)39(37,38)28(13-4-5-14-28)27(36)30-20-8-6-7-19-24(20)29-18(3)32(26(19)35)21-11-12-23(33)31-25(21)34/h6-10,15,21H,4-5,11-14H2,1-3H3,(H2-,30,31,33,34,36,37,38). The number of imide groups is 1. The molecular weight excluding hydrogens is 520 g/mol. The van der Waals surface area contributed by atoms with Crippen LogP contribution in [-0.4, -0.2) is 36.6 Å². The van der Waals surface area contributed by atoms with Gasteiger partial charge >= 0.3 is 0 Å². The number of nitrogens with one attached hydrogen (secondary N) is 2. The van der Waals surface area contributed by atoms with Gasteiger partial charge in [0, 0.05) is 24.8 Å². The predicted octanol–water partition coefficient (Wildman–Crippen LogP) is 3.24. The van der Waals surface area contributed by atoms with Crippen molar-refractivity contribution in [3.8, 4) is 0 Å². The minimum Gasteiger partial charge on any atom is -0.609 e. The molecule has 11 heteroatoms. The molecule has 1 saturated carbocycles. The van der Waals surface area contributed by atoms with Crippen molar-refractivity contribution in [3.63, 3.8) is 0 Å². The zero-order valence-corrected chi connectivity index (χ0v) is 22.9. The molecule has 2 fully saturated rings. The van der Waals surface area contributed by atoms with Crippen LogP contribution in [0.4, 0.5) is 5.69 Å². The van der Waals surface area contributed by atoms with Crippen molar-refractivity contribution in [3.05, 3.63) is 63.7 Å². The third-order valence-electron chi connectivity index (χ3n) is 7.85. The van der Waals surface area contributed by atoms with Crippen LogP contribution in [0, 0.1) is 20.8 Å². The number of aryl methyl sites for hydroxylation is 3. The maximum absolute atomic E-state index is 14.0. The molecular formula is C28H30N4O6S. The van der Waals surface area contributed by atoms with E-state index in [0.29, 0.717) is 18.4 Å².